The van der Waals surface area contributed by atoms with Gasteiger partial charge in [-0.05, 0) is 61.9 Å². The van der Waals surface area contributed by atoms with E-state index in [-0.39, 0.29) is 11.7 Å². The predicted octanol–water partition coefficient (Wildman–Crippen LogP) is 4.26. The Hall–Kier alpha value is -4.71. The van der Waals surface area contributed by atoms with E-state index in [4.69, 9.17) is 10.7 Å². The van der Waals surface area contributed by atoms with Crippen molar-refractivity contribution in [1.29, 1.82) is 0 Å². The van der Waals surface area contributed by atoms with Crippen molar-refractivity contribution in [1.82, 2.24) is 24.7 Å². The molecule has 0 saturated carbocycles. The van der Waals surface area contributed by atoms with E-state index >= 15 is 0 Å². The maximum Gasteiger partial charge on any atom is 0.296 e. The molecule has 9 heteroatoms. The Morgan fingerprint density at radius 1 is 1.14 bits per heavy atom. The minimum atomic E-state index is -0.465. The Bertz CT molecular complexity index is 1560. The lowest BCUT2D eigenvalue weighted by atomic mass is 9.97. The highest BCUT2D eigenvalue weighted by atomic mass is 16.2. The summed E-state index contributed by atoms with van der Waals surface area (Å²) in [5, 5.41) is 5.76. The van der Waals surface area contributed by atoms with Crippen LogP contribution < -0.4 is 16.4 Å². The largest absolute Gasteiger partial charge is 0.382 e. The smallest absolute Gasteiger partial charge is 0.296 e. The van der Waals surface area contributed by atoms with Crippen molar-refractivity contribution < 1.29 is 9.59 Å². The lowest BCUT2D eigenvalue weighted by Gasteiger charge is -2.12. The molecule has 0 radical (unpaired) electrons. The first-order valence-corrected chi connectivity index (χ1v) is 11.9. The number of hydrogen-bond acceptors (Lipinski definition) is 6. The standard InChI is InChI=1S/C28H29N7O2/c1-6-7-23(36)32-18(5)27-34-24(25-26(29)31-10-11-35(25)27)19-13-20(15-30-14-19)28(37)33-21-8-9-22(16(2)3)17(4)12-21/h8-16,18H,1-5H3,(H2,29,31)(H,32,36)(H,33,37)/t18-/m0/s1. The predicted molar refractivity (Wildman–Crippen MR) is 144 cm³/mol. The number of anilines is 2. The summed E-state index contributed by atoms with van der Waals surface area (Å²) in [6.07, 6.45) is 6.40. The van der Waals surface area contributed by atoms with Crippen LogP contribution in [0, 0.1) is 18.8 Å². The Morgan fingerprint density at radius 2 is 1.92 bits per heavy atom. The highest BCUT2D eigenvalue weighted by Crippen LogP contribution is 2.30. The van der Waals surface area contributed by atoms with E-state index in [0.717, 1.165) is 5.56 Å². The number of amides is 2. The van der Waals surface area contributed by atoms with Crippen LogP contribution in [0.3, 0.4) is 0 Å². The molecular formula is C28H29N7O2. The van der Waals surface area contributed by atoms with Crippen LogP contribution in [0.5, 0.6) is 0 Å². The number of nitrogens with zero attached hydrogens (tertiary/aromatic N) is 4. The summed E-state index contributed by atoms with van der Waals surface area (Å²) in [6.45, 7) is 9.71. The van der Waals surface area contributed by atoms with Crippen molar-refractivity contribution in [3.63, 3.8) is 0 Å². The molecule has 0 fully saturated rings. The second-order valence-electron chi connectivity index (χ2n) is 9.06. The number of nitrogens with two attached hydrogens (primary N) is 1. The average molecular weight is 496 g/mol. The molecule has 3 aromatic heterocycles. The molecule has 0 spiro atoms. The Balaban J connectivity index is 1.69. The number of nitrogen functional groups attached to an aromatic ring is 1. The number of pyridine rings is 1. The number of aromatic nitrogens is 4. The van der Waals surface area contributed by atoms with Crippen LogP contribution in [0.4, 0.5) is 11.5 Å². The van der Waals surface area contributed by atoms with Crippen molar-refractivity contribution in [2.24, 2.45) is 0 Å². The second-order valence-corrected chi connectivity index (χ2v) is 9.06. The van der Waals surface area contributed by atoms with Crippen molar-refractivity contribution in [2.75, 3.05) is 11.1 Å². The van der Waals surface area contributed by atoms with Crippen molar-refractivity contribution in [3.8, 4) is 23.1 Å². The van der Waals surface area contributed by atoms with Crippen molar-refractivity contribution in [3.05, 3.63) is 71.6 Å². The monoisotopic (exact) mass is 495 g/mol. The van der Waals surface area contributed by atoms with Crippen LogP contribution in [0.25, 0.3) is 16.8 Å². The highest BCUT2D eigenvalue weighted by Gasteiger charge is 2.22. The highest BCUT2D eigenvalue weighted by molar-refractivity contribution is 6.05. The van der Waals surface area contributed by atoms with Crippen LogP contribution in [-0.2, 0) is 4.79 Å². The van der Waals surface area contributed by atoms with Gasteiger partial charge in [-0.1, -0.05) is 25.8 Å². The topological polar surface area (TPSA) is 127 Å². The third kappa shape index (κ3) is 5.28. The molecule has 0 aliphatic rings. The van der Waals surface area contributed by atoms with E-state index in [2.05, 4.69) is 46.3 Å². The molecule has 0 aliphatic carbocycles. The maximum atomic E-state index is 13.1. The Labute approximate surface area is 215 Å². The van der Waals surface area contributed by atoms with Gasteiger partial charge in [0, 0.05) is 36.0 Å². The number of nitrogens with one attached hydrogen (secondary N) is 2. The van der Waals surface area contributed by atoms with Crippen LogP contribution in [0.15, 0.2) is 49.1 Å². The van der Waals surface area contributed by atoms with Gasteiger partial charge in [-0.2, -0.15) is 0 Å². The normalized spacial score (nSPS) is 11.6. The number of carbonyl (C=O) groups excluding carboxylic acids is 2. The summed E-state index contributed by atoms with van der Waals surface area (Å²) in [6, 6.07) is 7.14. The maximum absolute atomic E-state index is 13.1. The summed E-state index contributed by atoms with van der Waals surface area (Å²) in [5.41, 5.74) is 11.3. The molecule has 0 aliphatic heterocycles. The Kier molecular flexibility index (Phi) is 7.20. The zero-order chi connectivity index (χ0) is 26.7. The number of rotatable bonds is 6. The van der Waals surface area contributed by atoms with E-state index in [1.807, 2.05) is 25.1 Å². The molecule has 0 unspecified atom stereocenters. The lowest BCUT2D eigenvalue weighted by Crippen LogP contribution is -2.26. The van der Waals surface area contributed by atoms with Gasteiger partial charge >= 0.3 is 0 Å². The zero-order valence-electron chi connectivity index (χ0n) is 21.5. The van der Waals surface area contributed by atoms with Gasteiger partial charge in [0.05, 0.1) is 11.6 Å². The Morgan fingerprint density at radius 3 is 2.62 bits per heavy atom. The molecule has 4 rings (SSSR count). The number of hydrogen-bond donors (Lipinski definition) is 3. The average Bonchev–Trinajstić information content (AvgIpc) is 3.25. The molecule has 4 aromatic rings. The first-order valence-electron chi connectivity index (χ1n) is 11.9. The summed E-state index contributed by atoms with van der Waals surface area (Å²) in [5.74, 6) is 5.55. The molecule has 1 aromatic carbocycles. The van der Waals surface area contributed by atoms with E-state index in [1.165, 1.54) is 11.8 Å². The molecule has 2 amide bonds. The minimum absolute atomic E-state index is 0.263. The van der Waals surface area contributed by atoms with Gasteiger partial charge in [0.15, 0.2) is 0 Å². The number of aryl methyl sites for hydroxylation is 1. The van der Waals surface area contributed by atoms with Gasteiger partial charge < -0.3 is 16.4 Å². The van der Waals surface area contributed by atoms with E-state index in [0.29, 0.717) is 39.8 Å². The van der Waals surface area contributed by atoms with Crippen molar-refractivity contribution >= 4 is 28.8 Å². The molecule has 188 valence electrons. The lowest BCUT2D eigenvalue weighted by molar-refractivity contribution is -0.116. The fraction of sp³-hybridized carbons (Fsp3) is 0.250. The van der Waals surface area contributed by atoms with Gasteiger partial charge in [0.1, 0.15) is 22.9 Å². The third-order valence-electron chi connectivity index (χ3n) is 6.01. The van der Waals surface area contributed by atoms with E-state index in [1.54, 1.807) is 42.9 Å². The van der Waals surface area contributed by atoms with Gasteiger partial charge in [0.25, 0.3) is 11.8 Å². The van der Waals surface area contributed by atoms with Crippen LogP contribution in [0.1, 0.15) is 67.0 Å². The van der Waals surface area contributed by atoms with Gasteiger partial charge in [0.2, 0.25) is 0 Å². The summed E-state index contributed by atoms with van der Waals surface area (Å²) < 4.78 is 1.77. The molecule has 9 nitrogen and oxygen atoms in total. The van der Waals surface area contributed by atoms with Gasteiger partial charge in [-0.25, -0.2) is 9.97 Å². The first kappa shape index (κ1) is 25.4. The quantitative estimate of drug-likeness (QED) is 0.343. The third-order valence-corrected chi connectivity index (χ3v) is 6.01. The molecule has 0 bridgehead atoms. The molecule has 3 heterocycles. The van der Waals surface area contributed by atoms with Gasteiger partial charge in [-0.15, -0.1) is 0 Å². The van der Waals surface area contributed by atoms with Crippen LogP contribution in [-0.4, -0.2) is 31.2 Å². The van der Waals surface area contributed by atoms with E-state index < -0.39 is 11.9 Å². The summed E-state index contributed by atoms with van der Waals surface area (Å²) in [7, 11) is 0. The van der Waals surface area contributed by atoms with E-state index in [9.17, 15) is 9.59 Å². The molecule has 4 N–H and O–H groups in total. The molecule has 37 heavy (non-hydrogen) atoms. The SMILES string of the molecule is CC#CC(=O)N[C@@H](C)c1nc(-c2cncc(C(=O)Nc3ccc(C(C)C)c(C)c3)c2)c2c(N)nccn12. The number of imidazole rings is 1. The fourth-order valence-corrected chi connectivity index (χ4v) is 4.30. The van der Waals surface area contributed by atoms with Crippen LogP contribution >= 0.6 is 0 Å². The van der Waals surface area contributed by atoms with Crippen molar-refractivity contribution in [2.45, 2.75) is 46.6 Å². The molecular weight excluding hydrogens is 466 g/mol. The summed E-state index contributed by atoms with van der Waals surface area (Å²) in [4.78, 5) is 38.4. The number of fused-ring (bicyclic) bond motifs is 1. The van der Waals surface area contributed by atoms with Gasteiger partial charge in [-0.3, -0.25) is 19.0 Å². The zero-order valence-corrected chi connectivity index (χ0v) is 21.5. The molecule has 1 atom stereocenters. The van der Waals surface area contributed by atoms with Crippen LogP contribution in [0.2, 0.25) is 0 Å². The second kappa shape index (κ2) is 10.5. The first-order chi connectivity index (χ1) is 17.7. The number of benzene rings is 1. The summed E-state index contributed by atoms with van der Waals surface area (Å²) >= 11 is 0. The minimum Gasteiger partial charge on any atom is -0.382 e. The molecule has 0 saturated heterocycles. The number of carbonyl (C=O) groups is 2. The fourth-order valence-electron chi connectivity index (χ4n) is 4.30.